The molecule has 0 bridgehead atoms. The van der Waals surface area contributed by atoms with Gasteiger partial charge in [0.25, 0.3) is 0 Å². The van der Waals surface area contributed by atoms with Gasteiger partial charge in [-0.3, -0.25) is 0 Å². The number of anilines is 2. The summed E-state index contributed by atoms with van der Waals surface area (Å²) in [6.07, 6.45) is 3.08. The van der Waals surface area contributed by atoms with Crippen molar-refractivity contribution in [2.24, 2.45) is 0 Å². The van der Waals surface area contributed by atoms with Gasteiger partial charge in [-0.2, -0.15) is 5.26 Å². The minimum atomic E-state index is 0.397. The lowest BCUT2D eigenvalue weighted by atomic mass is 10.1. The highest BCUT2D eigenvalue weighted by Crippen LogP contribution is 2.07. The Morgan fingerprint density at radius 1 is 1.18 bits per heavy atom. The number of hydrogen-bond acceptors (Lipinski definition) is 5. The molecule has 0 unspecified atom stereocenters. The molecular formula is C12H11N5. The van der Waals surface area contributed by atoms with Crippen LogP contribution in [0.1, 0.15) is 11.1 Å². The zero-order valence-corrected chi connectivity index (χ0v) is 9.09. The molecule has 0 aliphatic rings. The summed E-state index contributed by atoms with van der Waals surface area (Å²) in [4.78, 5) is 8.00. The highest BCUT2D eigenvalue weighted by Gasteiger charge is 1.96. The molecule has 5 nitrogen and oxygen atoms in total. The van der Waals surface area contributed by atoms with Crippen molar-refractivity contribution < 1.29 is 0 Å². The second-order valence-corrected chi connectivity index (χ2v) is 3.49. The van der Waals surface area contributed by atoms with E-state index in [1.54, 1.807) is 18.3 Å². The highest BCUT2D eigenvalue weighted by atomic mass is 15.0. The fraction of sp³-hybridized carbons (Fsp3) is 0.0833. The third kappa shape index (κ3) is 2.92. The van der Waals surface area contributed by atoms with Gasteiger partial charge in [-0.05, 0) is 17.7 Å². The predicted molar refractivity (Wildman–Crippen MR) is 64.9 cm³/mol. The van der Waals surface area contributed by atoms with Crippen molar-refractivity contribution in [2.75, 3.05) is 11.1 Å². The molecule has 0 fully saturated rings. The monoisotopic (exact) mass is 225 g/mol. The van der Waals surface area contributed by atoms with E-state index < -0.39 is 0 Å². The maximum atomic E-state index is 8.67. The molecule has 0 aliphatic carbocycles. The second kappa shape index (κ2) is 4.94. The standard InChI is InChI=1S/C12H11N5/c13-5-9-1-3-10(4-2-9)6-16-12-8-15-11(14)7-17-12/h1-4,7-8H,6H2,(H2,14,15)(H,16,17). The molecule has 0 saturated carbocycles. The molecule has 0 amide bonds. The van der Waals surface area contributed by atoms with Gasteiger partial charge < -0.3 is 11.1 Å². The van der Waals surface area contributed by atoms with E-state index in [9.17, 15) is 0 Å². The van der Waals surface area contributed by atoms with Crippen LogP contribution < -0.4 is 11.1 Å². The molecule has 0 atom stereocenters. The van der Waals surface area contributed by atoms with E-state index in [0.717, 1.165) is 5.56 Å². The molecule has 2 aromatic rings. The van der Waals surface area contributed by atoms with E-state index in [1.165, 1.54) is 6.20 Å². The van der Waals surface area contributed by atoms with Gasteiger partial charge >= 0.3 is 0 Å². The Bertz CT molecular complexity index is 524. The van der Waals surface area contributed by atoms with Crippen molar-refractivity contribution in [3.8, 4) is 6.07 Å². The Kier molecular flexibility index (Phi) is 3.17. The molecule has 0 spiro atoms. The molecule has 1 heterocycles. The van der Waals surface area contributed by atoms with Crippen LogP contribution in [0, 0.1) is 11.3 Å². The molecule has 0 radical (unpaired) electrons. The minimum Gasteiger partial charge on any atom is -0.382 e. The number of nitrogens with zero attached hydrogens (tertiary/aromatic N) is 3. The minimum absolute atomic E-state index is 0.397. The molecule has 84 valence electrons. The number of nitriles is 1. The maximum Gasteiger partial charge on any atom is 0.144 e. The Morgan fingerprint density at radius 3 is 2.53 bits per heavy atom. The van der Waals surface area contributed by atoms with E-state index in [4.69, 9.17) is 11.0 Å². The first-order chi connectivity index (χ1) is 8.28. The summed E-state index contributed by atoms with van der Waals surface area (Å²) in [6.45, 7) is 0.629. The third-order valence-electron chi connectivity index (χ3n) is 2.23. The van der Waals surface area contributed by atoms with Crippen LogP contribution in [-0.2, 0) is 6.54 Å². The number of benzene rings is 1. The average Bonchev–Trinajstić information content (AvgIpc) is 2.39. The van der Waals surface area contributed by atoms with E-state index in [2.05, 4.69) is 21.4 Å². The van der Waals surface area contributed by atoms with Gasteiger partial charge in [0.1, 0.15) is 11.6 Å². The Morgan fingerprint density at radius 2 is 1.94 bits per heavy atom. The van der Waals surface area contributed by atoms with Crippen molar-refractivity contribution in [3.63, 3.8) is 0 Å². The summed E-state index contributed by atoms with van der Waals surface area (Å²) in [5.41, 5.74) is 7.16. The third-order valence-corrected chi connectivity index (χ3v) is 2.23. The van der Waals surface area contributed by atoms with Crippen LogP contribution in [0.5, 0.6) is 0 Å². The average molecular weight is 225 g/mol. The lowest BCUT2D eigenvalue weighted by molar-refractivity contribution is 1.09. The Labute approximate surface area is 98.9 Å². The molecule has 1 aromatic heterocycles. The Balaban J connectivity index is 1.98. The number of aromatic nitrogens is 2. The molecule has 5 heteroatoms. The van der Waals surface area contributed by atoms with E-state index >= 15 is 0 Å². The van der Waals surface area contributed by atoms with Gasteiger partial charge in [-0.1, -0.05) is 12.1 Å². The summed E-state index contributed by atoms with van der Waals surface area (Å²) in [5, 5.41) is 11.8. The SMILES string of the molecule is N#Cc1ccc(CNc2cnc(N)cn2)cc1. The summed E-state index contributed by atoms with van der Waals surface area (Å²) in [6, 6.07) is 9.44. The van der Waals surface area contributed by atoms with Gasteiger partial charge in [0.2, 0.25) is 0 Å². The summed E-state index contributed by atoms with van der Waals surface area (Å²) < 4.78 is 0. The fourth-order valence-electron chi connectivity index (χ4n) is 1.32. The molecule has 1 aromatic carbocycles. The number of nitrogens with one attached hydrogen (secondary N) is 1. The largest absolute Gasteiger partial charge is 0.382 e. The number of nitrogens with two attached hydrogens (primary N) is 1. The maximum absolute atomic E-state index is 8.67. The van der Waals surface area contributed by atoms with Crippen molar-refractivity contribution in [1.29, 1.82) is 5.26 Å². The van der Waals surface area contributed by atoms with Crippen LogP contribution in [0.2, 0.25) is 0 Å². The molecular weight excluding hydrogens is 214 g/mol. The van der Waals surface area contributed by atoms with Gasteiger partial charge in [0.05, 0.1) is 24.0 Å². The lowest BCUT2D eigenvalue weighted by Crippen LogP contribution is -2.02. The fourth-order valence-corrected chi connectivity index (χ4v) is 1.32. The van der Waals surface area contributed by atoms with Gasteiger partial charge in [-0.15, -0.1) is 0 Å². The molecule has 17 heavy (non-hydrogen) atoms. The van der Waals surface area contributed by atoms with Gasteiger partial charge in [0.15, 0.2) is 0 Å². The first-order valence-corrected chi connectivity index (χ1v) is 5.08. The number of hydrogen-bond donors (Lipinski definition) is 2. The van der Waals surface area contributed by atoms with Crippen LogP contribution in [0.3, 0.4) is 0 Å². The van der Waals surface area contributed by atoms with Crippen molar-refractivity contribution in [3.05, 3.63) is 47.8 Å². The lowest BCUT2D eigenvalue weighted by Gasteiger charge is -2.05. The van der Waals surface area contributed by atoms with Crippen molar-refractivity contribution in [1.82, 2.24) is 9.97 Å². The smallest absolute Gasteiger partial charge is 0.144 e. The zero-order valence-electron chi connectivity index (χ0n) is 9.09. The van der Waals surface area contributed by atoms with E-state index in [1.807, 2.05) is 12.1 Å². The van der Waals surface area contributed by atoms with Crippen LogP contribution >= 0.6 is 0 Å². The summed E-state index contributed by atoms with van der Waals surface area (Å²) >= 11 is 0. The number of rotatable bonds is 3. The van der Waals surface area contributed by atoms with Crippen LogP contribution in [-0.4, -0.2) is 9.97 Å². The van der Waals surface area contributed by atoms with Crippen LogP contribution in [0.4, 0.5) is 11.6 Å². The van der Waals surface area contributed by atoms with Crippen molar-refractivity contribution >= 4 is 11.6 Å². The van der Waals surface area contributed by atoms with E-state index in [0.29, 0.717) is 23.7 Å². The molecule has 3 N–H and O–H groups in total. The highest BCUT2D eigenvalue weighted by molar-refractivity contribution is 5.38. The summed E-state index contributed by atoms with van der Waals surface area (Å²) in [5.74, 6) is 1.07. The van der Waals surface area contributed by atoms with Crippen molar-refractivity contribution in [2.45, 2.75) is 6.54 Å². The molecule has 2 rings (SSSR count). The first-order valence-electron chi connectivity index (χ1n) is 5.08. The predicted octanol–water partition coefficient (Wildman–Crippen LogP) is 1.54. The van der Waals surface area contributed by atoms with E-state index in [-0.39, 0.29) is 0 Å². The summed E-state index contributed by atoms with van der Waals surface area (Å²) in [7, 11) is 0. The van der Waals surface area contributed by atoms with Gasteiger partial charge in [0, 0.05) is 6.54 Å². The topological polar surface area (TPSA) is 87.6 Å². The second-order valence-electron chi connectivity index (χ2n) is 3.49. The number of nitrogen functional groups attached to an aromatic ring is 1. The first kappa shape index (κ1) is 10.9. The quantitative estimate of drug-likeness (QED) is 0.827. The zero-order chi connectivity index (χ0) is 12.1. The molecule has 0 saturated heterocycles. The Hall–Kier alpha value is -2.61. The van der Waals surface area contributed by atoms with Crippen LogP contribution in [0.15, 0.2) is 36.7 Å². The van der Waals surface area contributed by atoms with Gasteiger partial charge in [-0.25, -0.2) is 9.97 Å². The molecule has 0 aliphatic heterocycles. The van der Waals surface area contributed by atoms with Crippen LogP contribution in [0.25, 0.3) is 0 Å². The normalized spacial score (nSPS) is 9.59.